The molecular formula is C24H21NO7S. The summed E-state index contributed by atoms with van der Waals surface area (Å²) in [6.45, 7) is 0.502. The van der Waals surface area contributed by atoms with Crippen molar-refractivity contribution in [3.63, 3.8) is 0 Å². The van der Waals surface area contributed by atoms with E-state index in [9.17, 15) is 13.2 Å². The van der Waals surface area contributed by atoms with Gasteiger partial charge >= 0.3 is 10.1 Å². The molecule has 0 aliphatic heterocycles. The van der Waals surface area contributed by atoms with Crippen LogP contribution >= 0.6 is 0 Å². The molecule has 2 heterocycles. The normalized spacial score (nSPS) is 11.2. The predicted molar refractivity (Wildman–Crippen MR) is 118 cm³/mol. The van der Waals surface area contributed by atoms with E-state index in [1.807, 2.05) is 0 Å². The van der Waals surface area contributed by atoms with Crippen molar-refractivity contribution in [2.45, 2.75) is 18.0 Å². The summed E-state index contributed by atoms with van der Waals surface area (Å²) in [6, 6.07) is 19.2. The van der Waals surface area contributed by atoms with Gasteiger partial charge in [0.25, 0.3) is 5.91 Å². The molecule has 0 unspecified atom stereocenters. The van der Waals surface area contributed by atoms with E-state index in [4.69, 9.17) is 17.8 Å². The van der Waals surface area contributed by atoms with Crippen LogP contribution in [0.2, 0.25) is 0 Å². The number of rotatable bonds is 9. The molecular weight excluding hydrogens is 446 g/mol. The largest absolute Gasteiger partial charge is 0.497 e. The number of carbonyl (C=O) groups excluding carboxylic acids is 1. The molecule has 0 saturated carbocycles. The van der Waals surface area contributed by atoms with Crippen LogP contribution in [-0.4, -0.2) is 26.3 Å². The van der Waals surface area contributed by atoms with E-state index < -0.39 is 10.1 Å². The maximum absolute atomic E-state index is 12.9. The molecule has 0 N–H and O–H groups in total. The summed E-state index contributed by atoms with van der Waals surface area (Å²) in [5.74, 6) is 1.25. The van der Waals surface area contributed by atoms with Gasteiger partial charge in [-0.1, -0.05) is 12.1 Å². The van der Waals surface area contributed by atoms with Crippen molar-refractivity contribution < 1.29 is 31.0 Å². The summed E-state index contributed by atoms with van der Waals surface area (Å²) in [6.07, 6.45) is 2.98. The first kappa shape index (κ1) is 22.2. The lowest BCUT2D eigenvalue weighted by Gasteiger charge is -2.21. The number of hydrogen-bond acceptors (Lipinski definition) is 7. The molecule has 8 nitrogen and oxygen atoms in total. The molecule has 0 radical (unpaired) electrons. The van der Waals surface area contributed by atoms with E-state index in [1.165, 1.54) is 25.5 Å². The summed E-state index contributed by atoms with van der Waals surface area (Å²) in [5.41, 5.74) is 0.774. The third-order valence-corrected chi connectivity index (χ3v) is 6.06. The molecule has 0 aliphatic carbocycles. The number of benzene rings is 2. The van der Waals surface area contributed by atoms with Gasteiger partial charge in [0, 0.05) is 6.54 Å². The Bertz CT molecular complexity index is 1280. The van der Waals surface area contributed by atoms with E-state index in [2.05, 4.69) is 0 Å². The zero-order chi connectivity index (χ0) is 23.3. The molecule has 9 heteroatoms. The molecule has 170 valence electrons. The van der Waals surface area contributed by atoms with Crippen molar-refractivity contribution in [1.82, 2.24) is 4.90 Å². The smallest absolute Gasteiger partial charge is 0.339 e. The van der Waals surface area contributed by atoms with Crippen molar-refractivity contribution in [2.75, 3.05) is 7.11 Å². The van der Waals surface area contributed by atoms with Crippen LogP contribution in [0.5, 0.6) is 11.5 Å². The van der Waals surface area contributed by atoms with Crippen LogP contribution in [0.1, 0.15) is 21.9 Å². The highest BCUT2D eigenvalue weighted by molar-refractivity contribution is 7.87. The molecule has 2 aromatic heterocycles. The predicted octanol–water partition coefficient (Wildman–Crippen LogP) is 4.49. The number of amides is 1. The summed E-state index contributed by atoms with van der Waals surface area (Å²) >= 11 is 0. The monoisotopic (exact) mass is 467 g/mol. The Kier molecular flexibility index (Phi) is 6.50. The molecule has 0 bridgehead atoms. The Morgan fingerprint density at radius 2 is 1.52 bits per heavy atom. The Hall–Kier alpha value is -3.98. The van der Waals surface area contributed by atoms with E-state index >= 15 is 0 Å². The number of carbonyl (C=O) groups is 1. The maximum Gasteiger partial charge on any atom is 0.339 e. The SMILES string of the molecule is COc1ccc(S(=O)(=O)Oc2ccc(CN(Cc3ccco3)C(=O)c3ccco3)cc2)cc1. The maximum atomic E-state index is 12.9. The molecule has 2 aromatic carbocycles. The fraction of sp³-hybridized carbons (Fsp3) is 0.125. The van der Waals surface area contributed by atoms with Gasteiger partial charge in [0.2, 0.25) is 0 Å². The van der Waals surface area contributed by atoms with Gasteiger partial charge in [0.1, 0.15) is 22.2 Å². The lowest BCUT2D eigenvalue weighted by molar-refractivity contribution is 0.0685. The summed E-state index contributed by atoms with van der Waals surface area (Å²) in [4.78, 5) is 14.5. The van der Waals surface area contributed by atoms with Crippen LogP contribution in [0.4, 0.5) is 0 Å². The van der Waals surface area contributed by atoms with Gasteiger partial charge in [-0.05, 0) is 66.2 Å². The number of methoxy groups -OCH3 is 1. The molecule has 33 heavy (non-hydrogen) atoms. The average molecular weight is 467 g/mol. The van der Waals surface area contributed by atoms with Gasteiger partial charge in [0.05, 0.1) is 26.2 Å². The van der Waals surface area contributed by atoms with Crippen LogP contribution in [0.3, 0.4) is 0 Å². The van der Waals surface area contributed by atoms with Crippen LogP contribution < -0.4 is 8.92 Å². The molecule has 0 spiro atoms. The minimum absolute atomic E-state index is 0.0149. The molecule has 4 rings (SSSR count). The summed E-state index contributed by atoms with van der Waals surface area (Å²) < 4.78 is 46.0. The highest BCUT2D eigenvalue weighted by atomic mass is 32.2. The molecule has 0 aliphatic rings. The topological polar surface area (TPSA) is 99.2 Å². The van der Waals surface area contributed by atoms with E-state index in [1.54, 1.807) is 71.8 Å². The van der Waals surface area contributed by atoms with Crippen molar-refractivity contribution in [1.29, 1.82) is 0 Å². The Morgan fingerprint density at radius 3 is 2.12 bits per heavy atom. The third kappa shape index (κ3) is 5.45. The van der Waals surface area contributed by atoms with Crippen molar-refractivity contribution in [2.24, 2.45) is 0 Å². The highest BCUT2D eigenvalue weighted by Gasteiger charge is 2.21. The van der Waals surface area contributed by atoms with Crippen LogP contribution in [0.25, 0.3) is 0 Å². The zero-order valence-corrected chi connectivity index (χ0v) is 18.5. The lowest BCUT2D eigenvalue weighted by atomic mass is 10.2. The average Bonchev–Trinajstić information content (AvgIpc) is 3.54. The second-order valence-corrected chi connectivity index (χ2v) is 8.62. The molecule has 4 aromatic rings. The fourth-order valence-electron chi connectivity index (χ4n) is 3.13. The van der Waals surface area contributed by atoms with Crippen LogP contribution in [0, 0.1) is 0 Å². The van der Waals surface area contributed by atoms with Crippen LogP contribution in [0.15, 0.2) is 99.1 Å². The van der Waals surface area contributed by atoms with E-state index in [-0.39, 0.29) is 35.4 Å². The van der Waals surface area contributed by atoms with Crippen LogP contribution in [-0.2, 0) is 23.2 Å². The van der Waals surface area contributed by atoms with E-state index in [0.717, 1.165) is 5.56 Å². The minimum atomic E-state index is -4.00. The van der Waals surface area contributed by atoms with Crippen molar-refractivity contribution >= 4 is 16.0 Å². The number of nitrogens with zero attached hydrogens (tertiary/aromatic N) is 1. The number of hydrogen-bond donors (Lipinski definition) is 0. The van der Waals surface area contributed by atoms with Gasteiger partial charge < -0.3 is 22.7 Å². The lowest BCUT2D eigenvalue weighted by Crippen LogP contribution is -2.29. The first-order chi connectivity index (χ1) is 15.9. The van der Waals surface area contributed by atoms with Gasteiger partial charge in [-0.3, -0.25) is 4.79 Å². The summed E-state index contributed by atoms with van der Waals surface area (Å²) in [7, 11) is -2.50. The number of ether oxygens (including phenoxy) is 1. The fourth-order valence-corrected chi connectivity index (χ4v) is 4.06. The summed E-state index contributed by atoms with van der Waals surface area (Å²) in [5, 5.41) is 0. The van der Waals surface area contributed by atoms with Gasteiger partial charge in [-0.25, -0.2) is 0 Å². The van der Waals surface area contributed by atoms with Gasteiger partial charge in [0.15, 0.2) is 5.76 Å². The van der Waals surface area contributed by atoms with Crippen molar-refractivity contribution in [3.8, 4) is 11.5 Å². The first-order valence-corrected chi connectivity index (χ1v) is 11.4. The van der Waals surface area contributed by atoms with Gasteiger partial charge in [-0.2, -0.15) is 8.42 Å². The quantitative estimate of drug-likeness (QED) is 0.334. The number of furan rings is 2. The second kappa shape index (κ2) is 9.66. The standard InChI is InChI=1S/C24H21NO7S/c1-29-19-10-12-22(13-11-19)33(27,28)32-20-8-6-18(7-9-20)16-25(17-21-4-2-14-30-21)24(26)23-5-3-15-31-23/h2-15H,16-17H2,1H3. The second-order valence-electron chi connectivity index (χ2n) is 7.07. The van der Waals surface area contributed by atoms with E-state index in [0.29, 0.717) is 11.5 Å². The van der Waals surface area contributed by atoms with Gasteiger partial charge in [-0.15, -0.1) is 0 Å². The molecule has 0 atom stereocenters. The Balaban J connectivity index is 1.48. The third-order valence-electron chi connectivity index (χ3n) is 4.80. The Labute approximate surface area is 191 Å². The minimum Gasteiger partial charge on any atom is -0.497 e. The first-order valence-electron chi connectivity index (χ1n) is 9.97. The zero-order valence-electron chi connectivity index (χ0n) is 17.7. The highest BCUT2D eigenvalue weighted by Crippen LogP contribution is 2.22. The Morgan fingerprint density at radius 1 is 0.848 bits per heavy atom. The molecule has 1 amide bonds. The van der Waals surface area contributed by atoms with Crippen molar-refractivity contribution in [3.05, 3.63) is 102 Å². The molecule has 0 fully saturated rings. The molecule has 0 saturated heterocycles.